The number of para-hydroxylation sites is 1. The molecule has 1 saturated heterocycles. The predicted octanol–water partition coefficient (Wildman–Crippen LogP) is 1.74. The minimum Gasteiger partial charge on any atom is -0.330 e. The lowest BCUT2D eigenvalue weighted by atomic mass is 9.97. The first-order valence-corrected chi connectivity index (χ1v) is 6.94. The SMILES string of the molecule is CN(C(=O)CN1CCC(CN)CC1)c1ccccc1.Cl. The van der Waals surface area contributed by atoms with E-state index in [1.165, 1.54) is 0 Å². The van der Waals surface area contributed by atoms with Crippen LogP contribution >= 0.6 is 12.4 Å². The van der Waals surface area contributed by atoms with Gasteiger partial charge in [-0.3, -0.25) is 9.69 Å². The molecule has 0 radical (unpaired) electrons. The van der Waals surface area contributed by atoms with E-state index in [4.69, 9.17) is 5.73 Å². The first-order chi connectivity index (χ1) is 9.20. The number of carbonyl (C=O) groups is 1. The Labute approximate surface area is 127 Å². The van der Waals surface area contributed by atoms with Gasteiger partial charge in [0.05, 0.1) is 6.54 Å². The third-order valence-corrected chi connectivity index (χ3v) is 3.92. The van der Waals surface area contributed by atoms with E-state index in [0.717, 1.165) is 38.2 Å². The fraction of sp³-hybridized carbons (Fsp3) is 0.533. The Kier molecular flexibility index (Phi) is 6.99. The molecule has 1 aromatic carbocycles. The Morgan fingerprint density at radius 3 is 2.45 bits per heavy atom. The highest BCUT2D eigenvalue weighted by atomic mass is 35.5. The molecule has 1 heterocycles. The van der Waals surface area contributed by atoms with Crippen molar-refractivity contribution < 1.29 is 4.79 Å². The number of likely N-dealkylation sites (tertiary alicyclic amines) is 1. The van der Waals surface area contributed by atoms with Crippen LogP contribution in [0.4, 0.5) is 5.69 Å². The van der Waals surface area contributed by atoms with Crippen molar-refractivity contribution in [3.05, 3.63) is 30.3 Å². The predicted molar refractivity (Wildman–Crippen MR) is 85.3 cm³/mol. The number of likely N-dealkylation sites (N-methyl/N-ethyl adjacent to an activating group) is 1. The minimum atomic E-state index is 0. The summed E-state index contributed by atoms with van der Waals surface area (Å²) in [6.45, 7) is 3.24. The van der Waals surface area contributed by atoms with Crippen molar-refractivity contribution in [3.8, 4) is 0 Å². The zero-order valence-electron chi connectivity index (χ0n) is 12.0. The molecule has 1 aliphatic heterocycles. The van der Waals surface area contributed by atoms with Gasteiger partial charge in [0.2, 0.25) is 5.91 Å². The van der Waals surface area contributed by atoms with Gasteiger partial charge >= 0.3 is 0 Å². The van der Waals surface area contributed by atoms with Gasteiger partial charge in [-0.1, -0.05) is 18.2 Å². The Morgan fingerprint density at radius 1 is 1.30 bits per heavy atom. The van der Waals surface area contributed by atoms with Crippen molar-refractivity contribution in [2.24, 2.45) is 11.7 Å². The van der Waals surface area contributed by atoms with Crippen LogP contribution in [0, 0.1) is 5.92 Å². The summed E-state index contributed by atoms with van der Waals surface area (Å²) < 4.78 is 0. The summed E-state index contributed by atoms with van der Waals surface area (Å²) in [5.74, 6) is 0.788. The Balaban J connectivity index is 0.00000200. The van der Waals surface area contributed by atoms with Crippen LogP contribution in [-0.4, -0.2) is 44.0 Å². The molecule has 20 heavy (non-hydrogen) atoms. The van der Waals surface area contributed by atoms with E-state index < -0.39 is 0 Å². The largest absolute Gasteiger partial charge is 0.330 e. The second-order valence-electron chi connectivity index (χ2n) is 5.24. The smallest absolute Gasteiger partial charge is 0.240 e. The average molecular weight is 298 g/mol. The zero-order chi connectivity index (χ0) is 13.7. The summed E-state index contributed by atoms with van der Waals surface area (Å²) in [4.78, 5) is 16.2. The average Bonchev–Trinajstić information content (AvgIpc) is 2.48. The number of carbonyl (C=O) groups excluding carboxylic acids is 1. The number of halogens is 1. The molecule has 4 nitrogen and oxygen atoms in total. The first-order valence-electron chi connectivity index (χ1n) is 6.94. The number of hydrogen-bond donors (Lipinski definition) is 1. The van der Waals surface area contributed by atoms with Crippen LogP contribution < -0.4 is 10.6 Å². The molecule has 1 aromatic rings. The number of benzene rings is 1. The van der Waals surface area contributed by atoms with Gasteiger partial charge in [-0.2, -0.15) is 0 Å². The molecule has 0 atom stereocenters. The highest BCUT2D eigenvalue weighted by Gasteiger charge is 2.21. The highest BCUT2D eigenvalue weighted by molar-refractivity contribution is 5.94. The van der Waals surface area contributed by atoms with Crippen LogP contribution in [0.5, 0.6) is 0 Å². The van der Waals surface area contributed by atoms with E-state index in [9.17, 15) is 4.79 Å². The summed E-state index contributed by atoms with van der Waals surface area (Å²) in [6, 6.07) is 9.77. The molecule has 1 amide bonds. The summed E-state index contributed by atoms with van der Waals surface area (Å²) in [5, 5.41) is 0. The molecule has 0 aromatic heterocycles. The maximum absolute atomic E-state index is 12.2. The monoisotopic (exact) mass is 297 g/mol. The topological polar surface area (TPSA) is 49.6 Å². The number of piperidine rings is 1. The van der Waals surface area contributed by atoms with E-state index in [-0.39, 0.29) is 18.3 Å². The van der Waals surface area contributed by atoms with Gasteiger partial charge in [0.15, 0.2) is 0 Å². The quantitative estimate of drug-likeness (QED) is 0.921. The molecular formula is C15H24ClN3O. The molecule has 1 fully saturated rings. The van der Waals surface area contributed by atoms with Gasteiger partial charge in [-0.15, -0.1) is 12.4 Å². The maximum Gasteiger partial charge on any atom is 0.240 e. The fourth-order valence-electron chi connectivity index (χ4n) is 2.47. The van der Waals surface area contributed by atoms with Crippen molar-refractivity contribution in [3.63, 3.8) is 0 Å². The van der Waals surface area contributed by atoms with Crippen LogP contribution in [0.1, 0.15) is 12.8 Å². The van der Waals surface area contributed by atoms with Gasteiger partial charge in [0.25, 0.3) is 0 Å². The molecular weight excluding hydrogens is 274 g/mol. The molecule has 0 unspecified atom stereocenters. The van der Waals surface area contributed by atoms with E-state index in [1.807, 2.05) is 37.4 Å². The molecule has 0 aliphatic carbocycles. The summed E-state index contributed by atoms with van der Waals surface area (Å²) in [5.41, 5.74) is 6.63. The van der Waals surface area contributed by atoms with Crippen molar-refractivity contribution in [1.29, 1.82) is 0 Å². The Bertz CT molecular complexity index is 405. The van der Waals surface area contributed by atoms with Crippen molar-refractivity contribution in [2.45, 2.75) is 12.8 Å². The van der Waals surface area contributed by atoms with Gasteiger partial charge in [-0.25, -0.2) is 0 Å². The second-order valence-corrected chi connectivity index (χ2v) is 5.24. The van der Waals surface area contributed by atoms with E-state index >= 15 is 0 Å². The lowest BCUT2D eigenvalue weighted by molar-refractivity contribution is -0.119. The standard InChI is InChI=1S/C15H23N3O.ClH/c1-17(14-5-3-2-4-6-14)15(19)12-18-9-7-13(11-16)8-10-18;/h2-6,13H,7-12,16H2,1H3;1H. The molecule has 112 valence electrons. The van der Waals surface area contributed by atoms with Crippen LogP contribution in [0.25, 0.3) is 0 Å². The van der Waals surface area contributed by atoms with Crippen molar-refractivity contribution in [1.82, 2.24) is 4.90 Å². The molecule has 0 bridgehead atoms. The molecule has 2 N–H and O–H groups in total. The van der Waals surface area contributed by atoms with Crippen LogP contribution in [0.2, 0.25) is 0 Å². The number of nitrogens with two attached hydrogens (primary N) is 1. The normalized spacial score (nSPS) is 16.5. The lowest BCUT2D eigenvalue weighted by Crippen LogP contribution is -2.43. The molecule has 2 rings (SSSR count). The summed E-state index contributed by atoms with van der Waals surface area (Å²) >= 11 is 0. The van der Waals surface area contributed by atoms with Gasteiger partial charge in [-0.05, 0) is 50.5 Å². The number of nitrogens with zero attached hydrogens (tertiary/aromatic N) is 2. The van der Waals surface area contributed by atoms with Gasteiger partial charge in [0, 0.05) is 12.7 Å². The highest BCUT2D eigenvalue weighted by Crippen LogP contribution is 2.16. The van der Waals surface area contributed by atoms with Crippen LogP contribution in [0.3, 0.4) is 0 Å². The number of anilines is 1. The molecule has 5 heteroatoms. The number of hydrogen-bond acceptors (Lipinski definition) is 3. The molecule has 1 aliphatic rings. The van der Waals surface area contributed by atoms with Gasteiger partial charge in [0.1, 0.15) is 0 Å². The van der Waals surface area contributed by atoms with Crippen LogP contribution in [-0.2, 0) is 4.79 Å². The Hall–Kier alpha value is -1.10. The van der Waals surface area contributed by atoms with Gasteiger partial charge < -0.3 is 10.6 Å². The van der Waals surface area contributed by atoms with E-state index in [0.29, 0.717) is 12.5 Å². The lowest BCUT2D eigenvalue weighted by Gasteiger charge is -2.31. The second kappa shape index (κ2) is 8.25. The van der Waals surface area contributed by atoms with Crippen molar-refractivity contribution >= 4 is 24.0 Å². The summed E-state index contributed by atoms with van der Waals surface area (Å²) in [7, 11) is 1.84. The number of rotatable bonds is 4. The third-order valence-electron chi connectivity index (χ3n) is 3.92. The molecule has 0 spiro atoms. The first kappa shape index (κ1) is 17.0. The number of amides is 1. The van der Waals surface area contributed by atoms with E-state index in [1.54, 1.807) is 4.90 Å². The minimum absolute atomic E-state index is 0. The Morgan fingerprint density at radius 2 is 1.90 bits per heavy atom. The maximum atomic E-state index is 12.2. The fourth-order valence-corrected chi connectivity index (χ4v) is 2.47. The third kappa shape index (κ3) is 4.47. The van der Waals surface area contributed by atoms with E-state index in [2.05, 4.69) is 4.90 Å². The zero-order valence-corrected chi connectivity index (χ0v) is 12.8. The molecule has 0 saturated carbocycles. The van der Waals surface area contributed by atoms with Crippen LogP contribution in [0.15, 0.2) is 30.3 Å². The van der Waals surface area contributed by atoms with Crippen molar-refractivity contribution in [2.75, 3.05) is 38.1 Å². The summed E-state index contributed by atoms with van der Waals surface area (Å²) in [6.07, 6.45) is 2.22.